The highest BCUT2D eigenvalue weighted by atomic mass is 35.5. The summed E-state index contributed by atoms with van der Waals surface area (Å²) in [5.41, 5.74) is 0.377. The first kappa shape index (κ1) is 21.3. The predicted molar refractivity (Wildman–Crippen MR) is 108 cm³/mol. The molecule has 0 heterocycles. The fraction of sp³-hybridized carbons (Fsp3) is 0.300. The second-order valence-electron chi connectivity index (χ2n) is 6.91. The van der Waals surface area contributed by atoms with Crippen LogP contribution in [-0.2, 0) is 19.6 Å². The van der Waals surface area contributed by atoms with E-state index in [1.807, 2.05) is 0 Å². The number of ether oxygens (including phenoxy) is 1. The van der Waals surface area contributed by atoms with Crippen LogP contribution in [0.5, 0.6) is 0 Å². The van der Waals surface area contributed by atoms with E-state index in [1.54, 1.807) is 30.3 Å². The molecule has 7 nitrogen and oxygen atoms in total. The van der Waals surface area contributed by atoms with E-state index in [0.717, 1.165) is 23.2 Å². The lowest BCUT2D eigenvalue weighted by molar-refractivity contribution is -0.130. The smallest absolute Gasteiger partial charge is 0.340 e. The summed E-state index contributed by atoms with van der Waals surface area (Å²) < 4.78 is 31.2. The summed E-state index contributed by atoms with van der Waals surface area (Å²) in [7, 11) is -0.998. The van der Waals surface area contributed by atoms with Crippen LogP contribution < -0.4 is 5.32 Å². The molecule has 0 saturated heterocycles. The fourth-order valence-electron chi connectivity index (χ4n) is 2.61. The van der Waals surface area contributed by atoms with E-state index in [2.05, 4.69) is 5.32 Å². The van der Waals surface area contributed by atoms with Gasteiger partial charge in [-0.25, -0.2) is 17.5 Å². The third kappa shape index (κ3) is 4.95. The molecule has 1 atom stereocenters. The summed E-state index contributed by atoms with van der Waals surface area (Å²) in [5.74, 6) is -1.31. The number of amides is 1. The van der Waals surface area contributed by atoms with Crippen LogP contribution in [0.25, 0.3) is 0 Å². The number of carbonyl (C=O) groups is 2. The number of esters is 1. The van der Waals surface area contributed by atoms with Gasteiger partial charge >= 0.3 is 5.97 Å². The maximum Gasteiger partial charge on any atom is 0.340 e. The topological polar surface area (TPSA) is 92.8 Å². The van der Waals surface area contributed by atoms with E-state index >= 15 is 0 Å². The molecular formula is C20H21ClN2O5S. The molecule has 1 amide bonds. The van der Waals surface area contributed by atoms with E-state index in [0.29, 0.717) is 5.56 Å². The van der Waals surface area contributed by atoms with Gasteiger partial charge in [-0.05, 0) is 31.0 Å². The Bertz CT molecular complexity index is 1020. The number of carbonyl (C=O) groups excluding carboxylic acids is 2. The normalized spacial score (nSPS) is 15.0. The van der Waals surface area contributed by atoms with Gasteiger partial charge in [0.1, 0.15) is 0 Å². The van der Waals surface area contributed by atoms with Crippen LogP contribution >= 0.6 is 11.6 Å². The van der Waals surface area contributed by atoms with Crippen LogP contribution in [0.3, 0.4) is 0 Å². The van der Waals surface area contributed by atoms with E-state index in [1.165, 1.54) is 26.2 Å². The third-order valence-electron chi connectivity index (χ3n) is 4.43. The van der Waals surface area contributed by atoms with Crippen LogP contribution in [0, 0.1) is 0 Å². The number of hydrogen-bond donors (Lipinski definition) is 1. The first-order valence-corrected chi connectivity index (χ1v) is 10.8. The largest absolute Gasteiger partial charge is 0.444 e. The van der Waals surface area contributed by atoms with Crippen molar-refractivity contribution in [2.45, 2.75) is 29.9 Å². The third-order valence-corrected chi connectivity index (χ3v) is 6.57. The Morgan fingerprint density at radius 1 is 1.14 bits per heavy atom. The second-order valence-corrected chi connectivity index (χ2v) is 9.47. The van der Waals surface area contributed by atoms with Crippen molar-refractivity contribution in [1.29, 1.82) is 0 Å². The Morgan fingerprint density at radius 3 is 2.38 bits per heavy atom. The molecule has 1 fully saturated rings. The first-order chi connectivity index (χ1) is 13.7. The van der Waals surface area contributed by atoms with Crippen LogP contribution in [0.2, 0.25) is 5.02 Å². The second kappa shape index (κ2) is 8.52. The molecule has 1 saturated carbocycles. The van der Waals surface area contributed by atoms with Gasteiger partial charge in [0.15, 0.2) is 0 Å². The predicted octanol–water partition coefficient (Wildman–Crippen LogP) is 2.77. The monoisotopic (exact) mass is 436 g/mol. The van der Waals surface area contributed by atoms with Crippen molar-refractivity contribution in [3.63, 3.8) is 0 Å². The average molecular weight is 437 g/mol. The van der Waals surface area contributed by atoms with Crippen molar-refractivity contribution in [1.82, 2.24) is 9.62 Å². The van der Waals surface area contributed by atoms with Gasteiger partial charge in [-0.15, -0.1) is 0 Å². The Morgan fingerprint density at radius 2 is 1.79 bits per heavy atom. The number of nitrogens with zero attached hydrogens (tertiary/aromatic N) is 1. The fourth-order valence-corrected chi connectivity index (χ4v) is 3.73. The molecule has 9 heteroatoms. The van der Waals surface area contributed by atoms with Crippen molar-refractivity contribution in [2.24, 2.45) is 0 Å². The summed E-state index contributed by atoms with van der Waals surface area (Å²) in [5, 5.41) is 2.85. The Hall–Kier alpha value is -2.42. The van der Waals surface area contributed by atoms with Gasteiger partial charge in [-0.2, -0.15) is 0 Å². The molecule has 2 aromatic rings. The minimum atomic E-state index is -3.77. The van der Waals surface area contributed by atoms with Crippen LogP contribution in [0.15, 0.2) is 53.4 Å². The lowest BCUT2D eigenvalue weighted by atomic mass is 10.1. The quantitative estimate of drug-likeness (QED) is 0.673. The zero-order chi connectivity index (χ0) is 21.2. The van der Waals surface area contributed by atoms with E-state index in [4.69, 9.17) is 16.3 Å². The highest BCUT2D eigenvalue weighted by molar-refractivity contribution is 7.89. The maximum atomic E-state index is 12.8. The molecule has 3 rings (SSSR count). The van der Waals surface area contributed by atoms with Crippen LogP contribution in [0.1, 0.15) is 34.9 Å². The molecular weight excluding hydrogens is 416 g/mol. The summed E-state index contributed by atoms with van der Waals surface area (Å²) >= 11 is 6.11. The molecule has 1 aliphatic rings. The van der Waals surface area contributed by atoms with Gasteiger partial charge < -0.3 is 10.1 Å². The lowest BCUT2D eigenvalue weighted by Crippen LogP contribution is -2.33. The van der Waals surface area contributed by atoms with E-state index in [9.17, 15) is 18.0 Å². The van der Waals surface area contributed by atoms with Gasteiger partial charge in [-0.3, -0.25) is 4.79 Å². The Labute approximate surface area is 174 Å². The SMILES string of the molecule is CN(C)S(=O)(=O)c1ccc(Cl)c(C(=O)OC(C(=O)NC2CC2)c2ccccc2)c1. The Balaban J connectivity index is 1.90. The van der Waals surface area contributed by atoms with Crippen LogP contribution in [0.4, 0.5) is 0 Å². The van der Waals surface area contributed by atoms with Gasteiger partial charge in [0.05, 0.1) is 15.5 Å². The number of sulfonamides is 1. The number of hydrogen-bond acceptors (Lipinski definition) is 5. The number of nitrogens with one attached hydrogen (secondary N) is 1. The minimum Gasteiger partial charge on any atom is -0.444 e. The molecule has 2 aromatic carbocycles. The number of halogens is 1. The lowest BCUT2D eigenvalue weighted by Gasteiger charge is -2.19. The zero-order valence-corrected chi connectivity index (χ0v) is 17.5. The maximum absolute atomic E-state index is 12.8. The average Bonchev–Trinajstić information content (AvgIpc) is 3.50. The number of rotatable bonds is 7. The molecule has 29 heavy (non-hydrogen) atoms. The molecule has 0 aromatic heterocycles. The number of benzene rings is 2. The molecule has 154 valence electrons. The van der Waals surface area contributed by atoms with Crippen molar-refractivity contribution in [3.05, 3.63) is 64.7 Å². The van der Waals surface area contributed by atoms with Gasteiger partial charge in [-0.1, -0.05) is 41.9 Å². The Kier molecular flexibility index (Phi) is 6.26. The summed E-state index contributed by atoms with van der Waals surface area (Å²) in [6.07, 6.45) is 0.601. The minimum absolute atomic E-state index is 0.0297. The molecule has 1 unspecified atom stereocenters. The van der Waals surface area contributed by atoms with Crippen molar-refractivity contribution >= 4 is 33.5 Å². The highest BCUT2D eigenvalue weighted by Gasteiger charge is 2.32. The van der Waals surface area contributed by atoms with Gasteiger partial charge in [0.25, 0.3) is 5.91 Å². The molecule has 0 spiro atoms. The van der Waals surface area contributed by atoms with E-state index < -0.39 is 28.0 Å². The molecule has 0 radical (unpaired) electrons. The zero-order valence-electron chi connectivity index (χ0n) is 16.0. The van der Waals surface area contributed by atoms with Crippen molar-refractivity contribution in [3.8, 4) is 0 Å². The van der Waals surface area contributed by atoms with E-state index in [-0.39, 0.29) is 21.5 Å². The molecule has 0 bridgehead atoms. The van der Waals surface area contributed by atoms with Gasteiger partial charge in [0, 0.05) is 25.7 Å². The summed E-state index contributed by atoms with van der Waals surface area (Å²) in [4.78, 5) is 25.3. The molecule has 1 N–H and O–H groups in total. The van der Waals surface area contributed by atoms with Crippen LogP contribution in [-0.4, -0.2) is 44.7 Å². The summed E-state index contributed by atoms with van der Waals surface area (Å²) in [6, 6.07) is 12.5. The van der Waals surface area contributed by atoms with Gasteiger partial charge in [0.2, 0.25) is 16.1 Å². The van der Waals surface area contributed by atoms with Crippen molar-refractivity contribution < 1.29 is 22.7 Å². The standard InChI is InChI=1S/C20H21ClN2O5S/c1-23(2)29(26,27)15-10-11-17(21)16(12-15)20(25)28-18(13-6-4-3-5-7-13)19(24)22-14-8-9-14/h3-7,10-12,14,18H,8-9H2,1-2H3,(H,22,24). The summed E-state index contributed by atoms with van der Waals surface area (Å²) in [6.45, 7) is 0. The van der Waals surface area contributed by atoms with Crippen molar-refractivity contribution in [2.75, 3.05) is 14.1 Å². The molecule has 1 aliphatic carbocycles. The first-order valence-electron chi connectivity index (χ1n) is 8.98. The molecule has 0 aliphatic heterocycles. The highest BCUT2D eigenvalue weighted by Crippen LogP contribution is 2.27.